The van der Waals surface area contributed by atoms with Crippen molar-refractivity contribution in [3.05, 3.63) is 82.9 Å². The van der Waals surface area contributed by atoms with Crippen LogP contribution in [0, 0.1) is 10.1 Å². The van der Waals surface area contributed by atoms with E-state index in [4.69, 9.17) is 4.74 Å². The van der Waals surface area contributed by atoms with E-state index in [1.165, 1.54) is 25.3 Å². The molecule has 1 atom stereocenters. The van der Waals surface area contributed by atoms with Crippen LogP contribution >= 0.6 is 0 Å². The number of nitro groups is 1. The van der Waals surface area contributed by atoms with Crippen molar-refractivity contribution in [3.8, 4) is 16.9 Å². The maximum absolute atomic E-state index is 12.6. The standard InChI is InChI=1S/C22H21N3O4/c1-15(22(26)24-20-14-19(25(27)28)12-13-21(20)29-2)23-18-10-8-17(9-11-18)16-6-4-3-5-7-16/h3-15,23H,1-2H3,(H,24,26)/t15-/m0/s1. The molecule has 0 bridgehead atoms. The topological polar surface area (TPSA) is 93.5 Å². The molecule has 0 aromatic heterocycles. The maximum atomic E-state index is 12.6. The molecule has 7 heteroatoms. The summed E-state index contributed by atoms with van der Waals surface area (Å²) in [5.41, 5.74) is 3.11. The van der Waals surface area contributed by atoms with Crippen LogP contribution in [-0.2, 0) is 4.79 Å². The second-order valence-electron chi connectivity index (χ2n) is 6.44. The summed E-state index contributed by atoms with van der Waals surface area (Å²) in [4.78, 5) is 23.0. The van der Waals surface area contributed by atoms with E-state index in [0.29, 0.717) is 5.75 Å². The summed E-state index contributed by atoms with van der Waals surface area (Å²) in [7, 11) is 1.44. The van der Waals surface area contributed by atoms with E-state index >= 15 is 0 Å². The molecule has 3 aromatic carbocycles. The van der Waals surface area contributed by atoms with Crippen LogP contribution in [0.3, 0.4) is 0 Å². The predicted molar refractivity (Wildman–Crippen MR) is 113 cm³/mol. The minimum absolute atomic E-state index is 0.127. The van der Waals surface area contributed by atoms with Crippen LogP contribution in [0.25, 0.3) is 11.1 Å². The lowest BCUT2D eigenvalue weighted by atomic mass is 10.1. The van der Waals surface area contributed by atoms with Crippen molar-refractivity contribution in [2.75, 3.05) is 17.7 Å². The quantitative estimate of drug-likeness (QED) is 0.449. The number of nitro benzene ring substituents is 1. The zero-order valence-corrected chi connectivity index (χ0v) is 16.1. The molecule has 0 aliphatic carbocycles. The van der Waals surface area contributed by atoms with E-state index in [-0.39, 0.29) is 17.3 Å². The Balaban J connectivity index is 1.68. The number of rotatable bonds is 7. The van der Waals surface area contributed by atoms with Crippen LogP contribution in [0.5, 0.6) is 5.75 Å². The van der Waals surface area contributed by atoms with E-state index in [9.17, 15) is 14.9 Å². The number of nitrogens with one attached hydrogen (secondary N) is 2. The van der Waals surface area contributed by atoms with E-state index in [2.05, 4.69) is 10.6 Å². The second-order valence-corrected chi connectivity index (χ2v) is 6.44. The van der Waals surface area contributed by atoms with Crippen LogP contribution in [0.15, 0.2) is 72.8 Å². The van der Waals surface area contributed by atoms with Gasteiger partial charge in [0.15, 0.2) is 0 Å². The summed E-state index contributed by atoms with van der Waals surface area (Å²) in [5, 5.41) is 16.8. The molecule has 3 aromatic rings. The van der Waals surface area contributed by atoms with Gasteiger partial charge in [0, 0.05) is 17.8 Å². The number of anilines is 2. The zero-order valence-electron chi connectivity index (χ0n) is 16.1. The largest absolute Gasteiger partial charge is 0.495 e. The number of carbonyl (C=O) groups is 1. The minimum Gasteiger partial charge on any atom is -0.495 e. The molecular formula is C22H21N3O4. The first kappa shape index (κ1) is 19.9. The second kappa shape index (κ2) is 8.88. The molecule has 0 aliphatic heterocycles. The van der Waals surface area contributed by atoms with Crippen molar-refractivity contribution in [1.82, 2.24) is 0 Å². The Hall–Kier alpha value is -3.87. The highest BCUT2D eigenvalue weighted by atomic mass is 16.6. The minimum atomic E-state index is -0.568. The van der Waals surface area contributed by atoms with Gasteiger partial charge in [-0.25, -0.2) is 0 Å². The number of ether oxygens (including phenoxy) is 1. The van der Waals surface area contributed by atoms with Crippen molar-refractivity contribution in [3.63, 3.8) is 0 Å². The van der Waals surface area contributed by atoms with Crippen LogP contribution in [-0.4, -0.2) is 24.0 Å². The molecule has 2 N–H and O–H groups in total. The number of methoxy groups -OCH3 is 1. The van der Waals surface area contributed by atoms with E-state index in [1.54, 1.807) is 6.92 Å². The summed E-state index contributed by atoms with van der Waals surface area (Å²) < 4.78 is 5.18. The van der Waals surface area contributed by atoms with E-state index in [0.717, 1.165) is 16.8 Å². The Morgan fingerprint density at radius 2 is 1.66 bits per heavy atom. The van der Waals surface area contributed by atoms with Crippen molar-refractivity contribution >= 4 is 23.0 Å². The molecule has 0 radical (unpaired) electrons. The molecule has 0 unspecified atom stereocenters. The third-order valence-corrected chi connectivity index (χ3v) is 4.42. The molecule has 0 spiro atoms. The van der Waals surface area contributed by atoms with Crippen LogP contribution in [0.1, 0.15) is 6.92 Å². The average Bonchev–Trinajstić information content (AvgIpc) is 2.74. The van der Waals surface area contributed by atoms with Gasteiger partial charge in [0.2, 0.25) is 5.91 Å². The number of carbonyl (C=O) groups excluding carboxylic acids is 1. The van der Waals surface area contributed by atoms with E-state index < -0.39 is 11.0 Å². The van der Waals surface area contributed by atoms with E-state index in [1.807, 2.05) is 54.6 Å². The number of hydrogen-bond acceptors (Lipinski definition) is 5. The van der Waals surface area contributed by atoms with Gasteiger partial charge in [-0.2, -0.15) is 0 Å². The Morgan fingerprint density at radius 1 is 1.00 bits per heavy atom. The smallest absolute Gasteiger partial charge is 0.271 e. The van der Waals surface area contributed by atoms with Gasteiger partial charge in [-0.3, -0.25) is 14.9 Å². The van der Waals surface area contributed by atoms with Crippen LogP contribution < -0.4 is 15.4 Å². The fourth-order valence-corrected chi connectivity index (χ4v) is 2.85. The number of benzene rings is 3. The molecule has 0 saturated carbocycles. The van der Waals surface area contributed by atoms with Crippen LogP contribution in [0.4, 0.5) is 17.1 Å². The monoisotopic (exact) mass is 391 g/mol. The summed E-state index contributed by atoms with van der Waals surface area (Å²) in [6.07, 6.45) is 0. The average molecular weight is 391 g/mol. The number of amides is 1. The summed E-state index contributed by atoms with van der Waals surface area (Å²) in [6, 6.07) is 21.2. The lowest BCUT2D eigenvalue weighted by molar-refractivity contribution is -0.384. The Morgan fingerprint density at radius 3 is 2.28 bits per heavy atom. The summed E-state index contributed by atoms with van der Waals surface area (Å²) in [5.74, 6) is 0.0132. The SMILES string of the molecule is COc1ccc([N+](=O)[O-])cc1NC(=O)[C@H](C)Nc1ccc(-c2ccccc2)cc1. The highest BCUT2D eigenvalue weighted by Crippen LogP contribution is 2.29. The predicted octanol–water partition coefficient (Wildman–Crippen LogP) is 4.71. The third-order valence-electron chi connectivity index (χ3n) is 4.42. The number of non-ortho nitro benzene ring substituents is 1. The van der Waals surface area contributed by atoms with Crippen molar-refractivity contribution in [2.45, 2.75) is 13.0 Å². The summed E-state index contributed by atoms with van der Waals surface area (Å²) in [6.45, 7) is 1.71. The van der Waals surface area contributed by atoms with Crippen molar-refractivity contribution < 1.29 is 14.5 Å². The molecule has 148 valence electrons. The summed E-state index contributed by atoms with van der Waals surface area (Å²) >= 11 is 0. The molecule has 0 heterocycles. The molecular weight excluding hydrogens is 370 g/mol. The van der Waals surface area contributed by atoms with Gasteiger partial charge in [-0.15, -0.1) is 0 Å². The first-order valence-corrected chi connectivity index (χ1v) is 9.03. The van der Waals surface area contributed by atoms with Crippen LogP contribution in [0.2, 0.25) is 0 Å². The van der Waals surface area contributed by atoms with Gasteiger partial charge in [0.25, 0.3) is 5.69 Å². The number of nitrogens with zero attached hydrogens (tertiary/aromatic N) is 1. The van der Waals surface area contributed by atoms with Gasteiger partial charge < -0.3 is 15.4 Å². The van der Waals surface area contributed by atoms with Crippen molar-refractivity contribution in [1.29, 1.82) is 0 Å². The maximum Gasteiger partial charge on any atom is 0.271 e. The highest BCUT2D eigenvalue weighted by Gasteiger charge is 2.17. The third kappa shape index (κ3) is 4.90. The Bertz CT molecular complexity index is 1000. The molecule has 0 saturated heterocycles. The Labute approximate surface area is 168 Å². The van der Waals surface area contributed by atoms with Gasteiger partial charge in [-0.05, 0) is 36.2 Å². The fraction of sp³-hybridized carbons (Fsp3) is 0.136. The lowest BCUT2D eigenvalue weighted by Gasteiger charge is -2.17. The van der Waals surface area contributed by atoms with Crippen molar-refractivity contribution in [2.24, 2.45) is 0 Å². The molecule has 0 aliphatic rings. The molecule has 0 fully saturated rings. The van der Waals surface area contributed by atoms with Gasteiger partial charge in [-0.1, -0.05) is 42.5 Å². The molecule has 1 amide bonds. The highest BCUT2D eigenvalue weighted by molar-refractivity contribution is 5.97. The van der Waals surface area contributed by atoms with Gasteiger partial charge in [0.1, 0.15) is 11.8 Å². The first-order valence-electron chi connectivity index (χ1n) is 9.03. The van der Waals surface area contributed by atoms with Gasteiger partial charge in [0.05, 0.1) is 17.7 Å². The molecule has 3 rings (SSSR count). The normalized spacial score (nSPS) is 11.4. The van der Waals surface area contributed by atoms with Gasteiger partial charge >= 0.3 is 0 Å². The fourth-order valence-electron chi connectivity index (χ4n) is 2.85. The molecule has 29 heavy (non-hydrogen) atoms. The number of hydrogen-bond donors (Lipinski definition) is 2. The first-order chi connectivity index (χ1) is 14.0. The lowest BCUT2D eigenvalue weighted by Crippen LogP contribution is -2.32. The zero-order chi connectivity index (χ0) is 20.8. The Kier molecular flexibility index (Phi) is 6.09. The molecule has 7 nitrogen and oxygen atoms in total.